The molecule has 1 N–H and O–H groups in total. The summed E-state index contributed by atoms with van der Waals surface area (Å²) in [6.45, 7) is 4.94. The van der Waals surface area contributed by atoms with Crippen molar-refractivity contribution in [1.29, 1.82) is 0 Å². The number of piperazine rings is 1. The van der Waals surface area contributed by atoms with Crippen LogP contribution < -0.4 is 9.64 Å². The third-order valence-electron chi connectivity index (χ3n) is 5.81. The van der Waals surface area contributed by atoms with Crippen LogP contribution in [0.3, 0.4) is 0 Å². The summed E-state index contributed by atoms with van der Waals surface area (Å²) in [7, 11) is 1.68. The van der Waals surface area contributed by atoms with E-state index in [2.05, 4.69) is 28.1 Å². The van der Waals surface area contributed by atoms with Gasteiger partial charge in [0.15, 0.2) is 0 Å². The lowest BCUT2D eigenvalue weighted by Crippen LogP contribution is -2.48. The first-order valence-corrected chi connectivity index (χ1v) is 10.2. The van der Waals surface area contributed by atoms with Crippen molar-refractivity contribution in [2.45, 2.75) is 6.92 Å². The Morgan fingerprint density at radius 3 is 2.57 bits per heavy atom. The number of benzene rings is 2. The molecule has 0 atom stereocenters. The van der Waals surface area contributed by atoms with Gasteiger partial charge in [0.1, 0.15) is 11.4 Å². The minimum Gasteiger partial charge on any atom is -0.497 e. The van der Waals surface area contributed by atoms with Crippen molar-refractivity contribution >= 4 is 33.4 Å². The van der Waals surface area contributed by atoms with Gasteiger partial charge in [-0.2, -0.15) is 0 Å². The summed E-state index contributed by atoms with van der Waals surface area (Å²) in [5.74, 6) is 0.843. The number of nitrogens with one attached hydrogen (secondary N) is 1. The lowest BCUT2D eigenvalue weighted by atomic mass is 10.1. The number of rotatable bonds is 3. The molecule has 1 aliphatic heterocycles. The van der Waals surface area contributed by atoms with Crippen LogP contribution in [-0.4, -0.2) is 54.1 Å². The fraction of sp³-hybridized carbons (Fsp3) is 0.250. The third kappa shape index (κ3) is 3.24. The molecule has 0 bridgehead atoms. The Hall–Kier alpha value is -3.54. The summed E-state index contributed by atoms with van der Waals surface area (Å²) in [4.78, 5) is 25.4. The zero-order chi connectivity index (χ0) is 20.7. The molecule has 1 amide bonds. The lowest BCUT2D eigenvalue weighted by molar-refractivity contribution is 0.0742. The highest BCUT2D eigenvalue weighted by Crippen LogP contribution is 2.26. The van der Waals surface area contributed by atoms with Gasteiger partial charge in [0.2, 0.25) is 0 Å². The van der Waals surface area contributed by atoms with Gasteiger partial charge in [0.25, 0.3) is 5.91 Å². The van der Waals surface area contributed by atoms with Gasteiger partial charge in [-0.25, -0.2) is 4.98 Å². The molecule has 0 spiro atoms. The molecule has 5 rings (SSSR count). The molecule has 2 aromatic carbocycles. The second kappa shape index (κ2) is 7.37. The number of anilines is 1. The molecule has 1 fully saturated rings. The Labute approximate surface area is 175 Å². The minimum absolute atomic E-state index is 0.00250. The van der Waals surface area contributed by atoms with Crippen LogP contribution in [0.5, 0.6) is 5.75 Å². The Morgan fingerprint density at radius 1 is 1.00 bits per heavy atom. The number of aromatic amines is 1. The van der Waals surface area contributed by atoms with E-state index in [-0.39, 0.29) is 5.91 Å². The highest BCUT2D eigenvalue weighted by molar-refractivity contribution is 6.07. The summed E-state index contributed by atoms with van der Waals surface area (Å²) in [5.41, 5.74) is 4.54. The maximum absolute atomic E-state index is 13.1. The lowest BCUT2D eigenvalue weighted by Gasteiger charge is -2.36. The van der Waals surface area contributed by atoms with E-state index in [9.17, 15) is 4.79 Å². The molecular weight excluding hydrogens is 376 g/mol. The number of carbonyl (C=O) groups is 1. The summed E-state index contributed by atoms with van der Waals surface area (Å²) in [6, 6.07) is 18.2. The van der Waals surface area contributed by atoms with Crippen LogP contribution >= 0.6 is 0 Å². The molecule has 3 heterocycles. The number of amides is 1. The van der Waals surface area contributed by atoms with Crippen molar-refractivity contribution < 1.29 is 9.53 Å². The van der Waals surface area contributed by atoms with Crippen molar-refractivity contribution in [3.05, 3.63) is 66.0 Å². The number of H-pyrrole nitrogens is 1. The first-order chi connectivity index (χ1) is 14.6. The topological polar surface area (TPSA) is 61.5 Å². The Kier molecular flexibility index (Phi) is 4.54. The number of ether oxygens (including phenoxy) is 1. The number of aromatic nitrogens is 2. The predicted molar refractivity (Wildman–Crippen MR) is 119 cm³/mol. The van der Waals surface area contributed by atoms with Crippen LogP contribution in [0.2, 0.25) is 0 Å². The zero-order valence-corrected chi connectivity index (χ0v) is 17.2. The number of aryl methyl sites for hydroxylation is 1. The van der Waals surface area contributed by atoms with Gasteiger partial charge < -0.3 is 19.5 Å². The fourth-order valence-electron chi connectivity index (χ4n) is 4.13. The molecule has 30 heavy (non-hydrogen) atoms. The summed E-state index contributed by atoms with van der Waals surface area (Å²) >= 11 is 0. The van der Waals surface area contributed by atoms with Crippen LogP contribution in [0.1, 0.15) is 16.2 Å². The number of methoxy groups -OCH3 is 1. The summed E-state index contributed by atoms with van der Waals surface area (Å²) in [5, 5.41) is 2.08. The van der Waals surface area contributed by atoms with Gasteiger partial charge in [-0.05, 0) is 31.2 Å². The second-order valence-electron chi connectivity index (χ2n) is 7.73. The molecule has 2 aromatic heterocycles. The van der Waals surface area contributed by atoms with E-state index in [1.54, 1.807) is 7.11 Å². The smallest absolute Gasteiger partial charge is 0.272 e. The standard InChI is InChI=1S/C24H24N4O2/c1-16-6-7-17-8-9-18-14-21(26-23(18)22(17)25-16)24(29)28-12-10-27(11-13-28)19-4-3-5-20(15-19)30-2/h3-9,14-15,25H,10-13H2,1-2H3. The van der Waals surface area contributed by atoms with Crippen molar-refractivity contribution in [3.8, 4) is 5.75 Å². The molecule has 6 heteroatoms. The van der Waals surface area contributed by atoms with Gasteiger partial charge in [0.05, 0.1) is 18.1 Å². The van der Waals surface area contributed by atoms with E-state index in [4.69, 9.17) is 9.72 Å². The molecule has 0 aliphatic carbocycles. The number of hydrogen-bond acceptors (Lipinski definition) is 4. The van der Waals surface area contributed by atoms with E-state index < -0.39 is 0 Å². The molecule has 6 nitrogen and oxygen atoms in total. The zero-order valence-electron chi connectivity index (χ0n) is 17.2. The second-order valence-corrected chi connectivity index (χ2v) is 7.73. The quantitative estimate of drug-likeness (QED) is 0.565. The Morgan fingerprint density at radius 2 is 1.77 bits per heavy atom. The van der Waals surface area contributed by atoms with Crippen LogP contribution in [0, 0.1) is 6.92 Å². The number of fused-ring (bicyclic) bond motifs is 3. The molecule has 0 unspecified atom stereocenters. The maximum atomic E-state index is 13.1. The number of carbonyl (C=O) groups excluding carboxylic acids is 1. The number of hydrogen-bond donors (Lipinski definition) is 1. The average molecular weight is 400 g/mol. The van der Waals surface area contributed by atoms with Gasteiger partial charge in [-0.3, -0.25) is 4.79 Å². The molecule has 1 saturated heterocycles. The highest BCUT2D eigenvalue weighted by Gasteiger charge is 2.24. The molecule has 152 valence electrons. The Balaban J connectivity index is 1.36. The normalized spacial score (nSPS) is 14.5. The predicted octanol–water partition coefficient (Wildman–Crippen LogP) is 4.00. The Bertz CT molecular complexity index is 1240. The van der Waals surface area contributed by atoms with Gasteiger partial charge >= 0.3 is 0 Å². The molecule has 0 radical (unpaired) electrons. The van der Waals surface area contributed by atoms with Crippen LogP contribution in [0.15, 0.2) is 54.6 Å². The van der Waals surface area contributed by atoms with Gasteiger partial charge in [-0.1, -0.05) is 24.3 Å². The van der Waals surface area contributed by atoms with Crippen LogP contribution in [0.25, 0.3) is 21.8 Å². The average Bonchev–Trinajstić information content (AvgIpc) is 3.24. The fourth-order valence-corrected chi connectivity index (χ4v) is 4.13. The largest absolute Gasteiger partial charge is 0.497 e. The molecule has 4 aromatic rings. The third-order valence-corrected chi connectivity index (χ3v) is 5.81. The molecule has 1 aliphatic rings. The van der Waals surface area contributed by atoms with Crippen molar-refractivity contribution in [3.63, 3.8) is 0 Å². The van der Waals surface area contributed by atoms with E-state index in [1.807, 2.05) is 48.2 Å². The number of pyridine rings is 1. The maximum Gasteiger partial charge on any atom is 0.272 e. The van der Waals surface area contributed by atoms with Crippen molar-refractivity contribution in [2.75, 3.05) is 38.2 Å². The van der Waals surface area contributed by atoms with Crippen LogP contribution in [0.4, 0.5) is 5.69 Å². The van der Waals surface area contributed by atoms with Crippen LogP contribution in [-0.2, 0) is 0 Å². The first-order valence-electron chi connectivity index (χ1n) is 10.2. The molecule has 0 saturated carbocycles. The van der Waals surface area contributed by atoms with E-state index in [1.165, 1.54) is 0 Å². The summed E-state index contributed by atoms with van der Waals surface area (Å²) < 4.78 is 5.33. The van der Waals surface area contributed by atoms with E-state index in [0.29, 0.717) is 18.8 Å². The SMILES string of the molecule is COc1cccc(N2CCN(C(=O)c3cc4ccc5ccc(C)[nH]c5c4n3)CC2)c1. The van der Waals surface area contributed by atoms with Gasteiger partial charge in [0, 0.05) is 54.4 Å². The van der Waals surface area contributed by atoms with Crippen molar-refractivity contribution in [1.82, 2.24) is 14.9 Å². The van der Waals surface area contributed by atoms with E-state index >= 15 is 0 Å². The minimum atomic E-state index is -0.00250. The first kappa shape index (κ1) is 18.5. The highest BCUT2D eigenvalue weighted by atomic mass is 16.5. The van der Waals surface area contributed by atoms with E-state index in [0.717, 1.165) is 52.0 Å². The van der Waals surface area contributed by atoms with Crippen molar-refractivity contribution in [2.24, 2.45) is 0 Å². The van der Waals surface area contributed by atoms with Gasteiger partial charge in [-0.15, -0.1) is 0 Å². The molecular formula is C24H24N4O2. The number of nitrogens with zero attached hydrogens (tertiary/aromatic N) is 3. The summed E-state index contributed by atoms with van der Waals surface area (Å²) in [6.07, 6.45) is 0. The monoisotopic (exact) mass is 400 g/mol.